The molecule has 3 aliphatic heterocycles. The van der Waals surface area contributed by atoms with Crippen LogP contribution in [-0.4, -0.2) is 60.5 Å². The van der Waals surface area contributed by atoms with Crippen LogP contribution in [0.5, 0.6) is 0 Å². The lowest BCUT2D eigenvalue weighted by Crippen LogP contribution is -2.49. The number of carbonyl (C=O) groups excluding carboxylic acids is 1. The van der Waals surface area contributed by atoms with E-state index in [1.807, 2.05) is 0 Å². The third-order valence-corrected chi connectivity index (χ3v) is 5.34. The van der Waals surface area contributed by atoms with Crippen molar-refractivity contribution in [3.63, 3.8) is 0 Å². The Morgan fingerprint density at radius 1 is 1.16 bits per heavy atom. The summed E-state index contributed by atoms with van der Waals surface area (Å²) in [4.78, 5) is 16.8. The predicted molar refractivity (Wildman–Crippen MR) is 76.0 cm³/mol. The SMILES string of the molecule is CNC1CC2CCC(C1)N2CCC(=O)N1CCCC1. The maximum absolute atomic E-state index is 12.1. The van der Waals surface area contributed by atoms with Crippen LogP contribution in [0.2, 0.25) is 0 Å². The standard InChI is InChI=1S/C15H27N3O/c1-16-12-10-13-4-5-14(11-12)18(13)9-6-15(19)17-7-2-3-8-17/h12-14,16H,2-11H2,1H3. The van der Waals surface area contributed by atoms with Gasteiger partial charge in [-0.25, -0.2) is 0 Å². The number of hydrogen-bond donors (Lipinski definition) is 1. The van der Waals surface area contributed by atoms with Crippen LogP contribution >= 0.6 is 0 Å². The number of piperidine rings is 1. The summed E-state index contributed by atoms with van der Waals surface area (Å²) >= 11 is 0. The minimum Gasteiger partial charge on any atom is -0.343 e. The van der Waals surface area contributed by atoms with E-state index >= 15 is 0 Å². The third-order valence-electron chi connectivity index (χ3n) is 5.34. The summed E-state index contributed by atoms with van der Waals surface area (Å²) in [7, 11) is 2.08. The highest BCUT2D eigenvalue weighted by Gasteiger charge is 2.40. The highest BCUT2D eigenvalue weighted by atomic mass is 16.2. The number of nitrogens with zero attached hydrogens (tertiary/aromatic N) is 2. The Balaban J connectivity index is 1.49. The van der Waals surface area contributed by atoms with Gasteiger partial charge in [-0.3, -0.25) is 9.69 Å². The van der Waals surface area contributed by atoms with E-state index in [0.29, 0.717) is 11.9 Å². The van der Waals surface area contributed by atoms with Gasteiger partial charge in [0.1, 0.15) is 0 Å². The quantitative estimate of drug-likeness (QED) is 0.830. The minimum absolute atomic E-state index is 0.382. The van der Waals surface area contributed by atoms with Crippen LogP contribution in [0.25, 0.3) is 0 Å². The zero-order valence-corrected chi connectivity index (χ0v) is 12.1. The van der Waals surface area contributed by atoms with Crippen molar-refractivity contribution < 1.29 is 4.79 Å². The molecule has 3 heterocycles. The Bertz CT molecular complexity index is 313. The van der Waals surface area contributed by atoms with Crippen molar-refractivity contribution in [1.82, 2.24) is 15.1 Å². The van der Waals surface area contributed by atoms with Crippen LogP contribution in [-0.2, 0) is 4.79 Å². The summed E-state index contributed by atoms with van der Waals surface area (Å²) in [6.07, 6.45) is 8.34. The molecular formula is C15H27N3O. The summed E-state index contributed by atoms with van der Waals surface area (Å²) in [5, 5.41) is 3.43. The number of likely N-dealkylation sites (tertiary alicyclic amines) is 1. The molecule has 2 bridgehead atoms. The van der Waals surface area contributed by atoms with Crippen molar-refractivity contribution >= 4 is 5.91 Å². The molecule has 0 aliphatic carbocycles. The summed E-state index contributed by atoms with van der Waals surface area (Å²) in [5.74, 6) is 0.382. The molecule has 1 N–H and O–H groups in total. The van der Waals surface area contributed by atoms with Gasteiger partial charge in [0.15, 0.2) is 0 Å². The van der Waals surface area contributed by atoms with Crippen molar-refractivity contribution in [3.05, 3.63) is 0 Å². The Morgan fingerprint density at radius 2 is 1.79 bits per heavy atom. The second-order valence-electron chi connectivity index (χ2n) is 6.42. The molecule has 1 amide bonds. The minimum atomic E-state index is 0.382. The fourth-order valence-corrected chi connectivity index (χ4v) is 4.22. The van der Waals surface area contributed by atoms with Gasteiger partial charge in [-0.15, -0.1) is 0 Å². The van der Waals surface area contributed by atoms with Gasteiger partial charge in [0.25, 0.3) is 0 Å². The van der Waals surface area contributed by atoms with Crippen LogP contribution in [0.15, 0.2) is 0 Å². The van der Waals surface area contributed by atoms with Gasteiger partial charge in [0.2, 0.25) is 5.91 Å². The average molecular weight is 265 g/mol. The van der Waals surface area contributed by atoms with E-state index in [1.54, 1.807) is 0 Å². The normalized spacial score (nSPS) is 35.0. The molecule has 4 heteroatoms. The smallest absolute Gasteiger partial charge is 0.223 e. The number of amides is 1. The van der Waals surface area contributed by atoms with Crippen molar-refractivity contribution in [2.45, 2.75) is 63.1 Å². The number of carbonyl (C=O) groups is 1. The fraction of sp³-hybridized carbons (Fsp3) is 0.933. The average Bonchev–Trinajstić information content (AvgIpc) is 3.03. The maximum Gasteiger partial charge on any atom is 0.223 e. The highest BCUT2D eigenvalue weighted by Crippen LogP contribution is 2.35. The molecule has 0 saturated carbocycles. The largest absolute Gasteiger partial charge is 0.343 e. The van der Waals surface area contributed by atoms with Crippen molar-refractivity contribution in [1.29, 1.82) is 0 Å². The van der Waals surface area contributed by atoms with E-state index in [-0.39, 0.29) is 0 Å². The first-order chi connectivity index (χ1) is 9.28. The predicted octanol–water partition coefficient (Wildman–Crippen LogP) is 1.21. The molecule has 0 spiro atoms. The lowest BCUT2D eigenvalue weighted by atomic mass is 9.97. The first-order valence-corrected chi connectivity index (χ1v) is 7.98. The molecule has 19 heavy (non-hydrogen) atoms. The summed E-state index contributed by atoms with van der Waals surface area (Å²) < 4.78 is 0. The Morgan fingerprint density at radius 3 is 2.37 bits per heavy atom. The maximum atomic E-state index is 12.1. The zero-order chi connectivity index (χ0) is 13.2. The van der Waals surface area contributed by atoms with Crippen LogP contribution in [0.4, 0.5) is 0 Å². The molecule has 3 fully saturated rings. The molecule has 3 saturated heterocycles. The van der Waals surface area contributed by atoms with Crippen LogP contribution in [0.1, 0.15) is 44.9 Å². The van der Waals surface area contributed by atoms with Gasteiger partial charge in [0, 0.05) is 44.2 Å². The number of hydrogen-bond acceptors (Lipinski definition) is 3. The van der Waals surface area contributed by atoms with E-state index in [4.69, 9.17) is 0 Å². The van der Waals surface area contributed by atoms with Gasteiger partial charge in [-0.1, -0.05) is 0 Å². The molecule has 0 radical (unpaired) electrons. The summed E-state index contributed by atoms with van der Waals surface area (Å²) in [6.45, 7) is 2.97. The van der Waals surface area contributed by atoms with Gasteiger partial charge in [-0.2, -0.15) is 0 Å². The van der Waals surface area contributed by atoms with Gasteiger partial charge < -0.3 is 10.2 Å². The van der Waals surface area contributed by atoms with E-state index in [2.05, 4.69) is 22.2 Å². The second kappa shape index (κ2) is 5.80. The Kier molecular flexibility index (Phi) is 4.08. The van der Waals surface area contributed by atoms with E-state index < -0.39 is 0 Å². The molecule has 0 aromatic carbocycles. The molecular weight excluding hydrogens is 238 g/mol. The number of nitrogens with one attached hydrogen (secondary N) is 1. The van der Waals surface area contributed by atoms with Crippen LogP contribution < -0.4 is 5.32 Å². The molecule has 0 aromatic heterocycles. The molecule has 2 unspecified atom stereocenters. The zero-order valence-electron chi connectivity index (χ0n) is 12.1. The topological polar surface area (TPSA) is 35.6 Å². The van der Waals surface area contributed by atoms with Gasteiger partial charge in [0.05, 0.1) is 0 Å². The van der Waals surface area contributed by atoms with Crippen molar-refractivity contribution in [2.75, 3.05) is 26.7 Å². The molecule has 4 nitrogen and oxygen atoms in total. The van der Waals surface area contributed by atoms with E-state index in [1.165, 1.54) is 38.5 Å². The van der Waals surface area contributed by atoms with Crippen molar-refractivity contribution in [3.8, 4) is 0 Å². The highest BCUT2D eigenvalue weighted by molar-refractivity contribution is 5.76. The fourth-order valence-electron chi connectivity index (χ4n) is 4.22. The Hall–Kier alpha value is -0.610. The molecule has 3 rings (SSSR count). The van der Waals surface area contributed by atoms with E-state index in [0.717, 1.165) is 38.1 Å². The molecule has 108 valence electrons. The first kappa shape index (κ1) is 13.4. The lowest BCUT2D eigenvalue weighted by molar-refractivity contribution is -0.130. The lowest BCUT2D eigenvalue weighted by Gasteiger charge is -2.39. The summed E-state index contributed by atoms with van der Waals surface area (Å²) in [5.41, 5.74) is 0. The Labute approximate surface area is 116 Å². The van der Waals surface area contributed by atoms with Crippen LogP contribution in [0, 0.1) is 0 Å². The monoisotopic (exact) mass is 265 g/mol. The van der Waals surface area contributed by atoms with Crippen LogP contribution in [0.3, 0.4) is 0 Å². The number of rotatable bonds is 4. The van der Waals surface area contributed by atoms with Crippen molar-refractivity contribution in [2.24, 2.45) is 0 Å². The van der Waals surface area contributed by atoms with Gasteiger partial charge >= 0.3 is 0 Å². The second-order valence-corrected chi connectivity index (χ2v) is 6.42. The van der Waals surface area contributed by atoms with E-state index in [9.17, 15) is 4.79 Å². The summed E-state index contributed by atoms with van der Waals surface area (Å²) in [6, 6.07) is 2.15. The first-order valence-electron chi connectivity index (χ1n) is 7.98. The molecule has 3 aliphatic rings. The molecule has 0 aromatic rings. The molecule has 2 atom stereocenters. The van der Waals surface area contributed by atoms with Gasteiger partial charge in [-0.05, 0) is 45.6 Å². The third kappa shape index (κ3) is 2.79. The number of fused-ring (bicyclic) bond motifs is 2.